The number of carbonyl (C=O) groups is 3. The molecule has 4 rings (SSSR count). The lowest BCUT2D eigenvalue weighted by atomic mass is 10.2. The van der Waals surface area contributed by atoms with Crippen molar-refractivity contribution in [3.63, 3.8) is 0 Å². The Labute approximate surface area is 243 Å². The van der Waals surface area contributed by atoms with Gasteiger partial charge in [-0.15, -0.1) is 23.1 Å². The van der Waals surface area contributed by atoms with Gasteiger partial charge in [0.05, 0.1) is 11.1 Å². The number of hydrogen-bond donors (Lipinski definition) is 5. The lowest BCUT2D eigenvalue weighted by Crippen LogP contribution is -2.58. The normalized spacial score (nSPS) is 18.1. The van der Waals surface area contributed by atoms with Gasteiger partial charge in [0, 0.05) is 39.5 Å². The quantitative estimate of drug-likeness (QED) is 0.115. The van der Waals surface area contributed by atoms with Crippen LogP contribution in [-0.4, -0.2) is 72.2 Å². The van der Waals surface area contributed by atoms with Crippen LogP contribution in [0.1, 0.15) is 12.7 Å². The Kier molecular flexibility index (Phi) is 9.69. The highest BCUT2D eigenvalue weighted by Gasteiger charge is 2.39. The van der Waals surface area contributed by atoms with Crippen LogP contribution in [0.15, 0.2) is 49.7 Å². The Morgan fingerprint density at radius 2 is 2.05 bits per heavy atom. The number of aromatic nitrogens is 4. The Morgan fingerprint density at radius 1 is 1.30 bits per heavy atom. The van der Waals surface area contributed by atoms with E-state index in [9.17, 15) is 24.6 Å². The molecule has 0 unspecified atom stereocenters. The molecule has 0 spiro atoms. The van der Waals surface area contributed by atoms with Crippen LogP contribution in [0, 0.1) is 0 Å². The predicted octanol–water partition coefficient (Wildman–Crippen LogP) is 1.13. The lowest BCUT2D eigenvalue weighted by Gasteiger charge is -2.31. The fourth-order valence-electron chi connectivity index (χ4n) is 3.27. The number of rotatable bonds is 11. The van der Waals surface area contributed by atoms with Crippen molar-refractivity contribution in [1.29, 1.82) is 0 Å². The summed E-state index contributed by atoms with van der Waals surface area (Å²) in [6, 6.07) is 1.07. The van der Waals surface area contributed by atoms with Gasteiger partial charge in [-0.3, -0.25) is 14.9 Å². The highest BCUT2D eigenvalue weighted by molar-refractivity contribution is 8.07. The Balaban J connectivity index is 1.51. The van der Waals surface area contributed by atoms with E-state index in [2.05, 4.69) is 30.1 Å². The summed E-state index contributed by atoms with van der Waals surface area (Å²) in [5.74, 6) is -3.67. The first-order valence-electron chi connectivity index (χ1n) is 11.4. The van der Waals surface area contributed by atoms with E-state index in [1.165, 1.54) is 23.1 Å². The van der Waals surface area contributed by atoms with Crippen molar-refractivity contribution in [1.82, 2.24) is 25.0 Å². The van der Waals surface area contributed by atoms with Gasteiger partial charge in [0.15, 0.2) is 27.9 Å². The number of amides is 1. The molecule has 3 aromatic rings. The summed E-state index contributed by atoms with van der Waals surface area (Å²) in [5, 5.41) is 31.2. The highest BCUT2D eigenvalue weighted by atomic mass is 32.2. The molecule has 0 aromatic carbocycles. The van der Waals surface area contributed by atoms with Crippen LogP contribution in [-0.2, 0) is 26.3 Å². The predicted molar refractivity (Wildman–Crippen MR) is 151 cm³/mol. The molecule has 0 saturated carbocycles. The van der Waals surface area contributed by atoms with Gasteiger partial charge < -0.3 is 26.1 Å². The first-order valence-corrected chi connectivity index (χ1v) is 14.8. The number of oxime groups is 1. The summed E-state index contributed by atoms with van der Waals surface area (Å²) in [7, 11) is 1.91. The number of nitrogens with zero attached hydrogens (tertiary/aromatic N) is 5. The molecule has 1 aliphatic heterocycles. The van der Waals surface area contributed by atoms with E-state index in [0.717, 1.165) is 34.6 Å². The largest absolute Gasteiger partial charge is 0.480 e. The van der Waals surface area contributed by atoms with Crippen LogP contribution in [0.3, 0.4) is 0 Å². The Morgan fingerprint density at radius 3 is 2.67 bits per heavy atom. The second kappa shape index (κ2) is 13.2. The van der Waals surface area contributed by atoms with Gasteiger partial charge in [-0.05, 0) is 12.3 Å². The number of nitrogen functional groups attached to an aromatic ring is 1. The molecule has 0 saturated heterocycles. The number of nitrogens with two attached hydrogens (primary N) is 1. The Hall–Kier alpha value is -3.58. The number of aliphatic carboxylic acids is 2. The molecule has 0 bridgehead atoms. The second-order valence-corrected chi connectivity index (χ2v) is 11.9. The van der Waals surface area contributed by atoms with E-state index < -0.39 is 35.3 Å². The minimum Gasteiger partial charge on any atom is -0.480 e. The number of thioether (sulfide) groups is 2. The Bertz CT molecular complexity index is 1460. The van der Waals surface area contributed by atoms with Crippen molar-refractivity contribution in [3.8, 4) is 11.3 Å². The summed E-state index contributed by atoms with van der Waals surface area (Å²) < 4.78 is 6.46. The van der Waals surface area contributed by atoms with Crippen LogP contribution in [0.2, 0.25) is 0 Å². The first kappa shape index (κ1) is 29.4. The van der Waals surface area contributed by atoms with Crippen LogP contribution < -0.4 is 20.9 Å². The van der Waals surface area contributed by atoms with E-state index in [1.807, 2.05) is 41.5 Å². The van der Waals surface area contributed by atoms with Crippen molar-refractivity contribution in [2.75, 3.05) is 12.3 Å². The third kappa shape index (κ3) is 7.13. The summed E-state index contributed by atoms with van der Waals surface area (Å²) >= 11 is 4.39. The van der Waals surface area contributed by atoms with E-state index >= 15 is 0 Å². The summed E-state index contributed by atoms with van der Waals surface area (Å²) in [6.45, 7) is 1.78. The molecule has 0 aliphatic carbocycles. The van der Waals surface area contributed by atoms with Gasteiger partial charge in [-0.2, -0.15) is 9.36 Å². The summed E-state index contributed by atoms with van der Waals surface area (Å²) in [4.78, 5) is 51.2. The number of pyridine rings is 1. The van der Waals surface area contributed by atoms with Crippen molar-refractivity contribution < 1.29 is 34.0 Å². The van der Waals surface area contributed by atoms with Crippen molar-refractivity contribution in [3.05, 3.63) is 46.0 Å². The molecule has 0 radical (unpaired) electrons. The minimum absolute atomic E-state index is 0.0796. The van der Waals surface area contributed by atoms with Crippen LogP contribution >= 0.6 is 46.4 Å². The minimum atomic E-state index is -1.55. The second-order valence-electron chi connectivity index (χ2n) is 7.97. The number of aryl methyl sites for hydroxylation is 1. The van der Waals surface area contributed by atoms with Crippen molar-refractivity contribution in [2.24, 2.45) is 12.2 Å². The molecule has 4 heterocycles. The molecule has 6 N–H and O–H groups in total. The maximum atomic E-state index is 13.0. The molecule has 3 atom stereocenters. The number of thiazole rings is 1. The molecule has 0 fully saturated rings. The van der Waals surface area contributed by atoms with Gasteiger partial charge in [0.1, 0.15) is 19.7 Å². The van der Waals surface area contributed by atoms with E-state index in [-0.39, 0.29) is 23.3 Å². The number of anilines is 1. The zero-order valence-electron chi connectivity index (χ0n) is 20.9. The van der Waals surface area contributed by atoms with Crippen molar-refractivity contribution in [2.45, 2.75) is 28.7 Å². The molecule has 14 nitrogen and oxygen atoms in total. The summed E-state index contributed by atoms with van der Waals surface area (Å²) in [5.41, 5.74) is 6.91. The standard InChI is InChI=1S/C22H22N8O6S4/c1-3-36-28-14(16-27-21(23)40-29-16)17(31)25-15(20(34)35)18-26-13(19(32)33)12(9-37-18)39-22-24-11(8-38-22)10-4-6-30(2)7-5-10/h4-9,13,15,18,26H,3H2,1-2H3,(H4-,23,25,27,29,31,32,33,34,35)/p+1/b28-14-/t13-,15-,18+/m0/s1. The smallest absolute Gasteiger partial charge is 0.328 e. The maximum Gasteiger partial charge on any atom is 0.328 e. The topological polar surface area (TPSA) is 206 Å². The van der Waals surface area contributed by atoms with Crippen molar-refractivity contribution >= 4 is 75.1 Å². The third-order valence-electron chi connectivity index (χ3n) is 5.16. The van der Waals surface area contributed by atoms with Gasteiger partial charge in [-0.1, -0.05) is 16.9 Å². The zero-order chi connectivity index (χ0) is 28.8. The number of nitrogens with one attached hydrogen (secondary N) is 2. The lowest BCUT2D eigenvalue weighted by molar-refractivity contribution is -0.671. The summed E-state index contributed by atoms with van der Waals surface area (Å²) in [6.07, 6.45) is 3.80. The average molecular weight is 624 g/mol. The van der Waals surface area contributed by atoms with Crippen LogP contribution in [0.4, 0.5) is 5.13 Å². The number of hydrogen-bond acceptors (Lipinski definition) is 14. The monoisotopic (exact) mass is 623 g/mol. The molecular weight excluding hydrogens is 601 g/mol. The molecule has 40 heavy (non-hydrogen) atoms. The fraction of sp³-hybridized carbons (Fsp3) is 0.273. The van der Waals surface area contributed by atoms with Crippen LogP contribution in [0.25, 0.3) is 11.3 Å². The van der Waals surface area contributed by atoms with E-state index in [4.69, 9.17) is 10.6 Å². The fourth-order valence-corrected chi connectivity index (χ4v) is 6.85. The number of carbonyl (C=O) groups excluding carboxylic acids is 1. The van der Waals surface area contributed by atoms with Gasteiger partial charge in [0.25, 0.3) is 5.91 Å². The number of carboxylic acid groups (broad SMARTS) is 2. The first-order chi connectivity index (χ1) is 19.2. The molecule has 210 valence electrons. The molecule has 1 amide bonds. The molecule has 1 aliphatic rings. The SMILES string of the molecule is CCO/N=C(\C(=O)N[C@H](C(=O)O)[C@@H]1N[C@H](C(=O)O)C(Sc2nc(-c3cc[n+](C)cc3)cs2)=CS1)c1nsc(N)n1. The average Bonchev–Trinajstić information content (AvgIpc) is 3.57. The van der Waals surface area contributed by atoms with Gasteiger partial charge in [0.2, 0.25) is 11.5 Å². The number of carboxylic acids is 2. The molecular formula is C22H23N8O6S4+. The molecule has 3 aromatic heterocycles. The van der Waals surface area contributed by atoms with E-state index in [0.29, 0.717) is 9.24 Å². The zero-order valence-corrected chi connectivity index (χ0v) is 24.1. The van der Waals surface area contributed by atoms with Gasteiger partial charge in [-0.25, -0.2) is 14.3 Å². The van der Waals surface area contributed by atoms with E-state index in [1.54, 1.807) is 12.3 Å². The van der Waals surface area contributed by atoms with Gasteiger partial charge >= 0.3 is 11.9 Å². The maximum absolute atomic E-state index is 13.0. The van der Waals surface area contributed by atoms with Crippen LogP contribution in [0.5, 0.6) is 0 Å². The highest BCUT2D eigenvalue weighted by Crippen LogP contribution is 2.38. The third-order valence-corrected chi connectivity index (χ3v) is 8.98. The molecule has 18 heteroatoms.